The molecule has 0 spiro atoms. The first kappa shape index (κ1) is 13.5. The van der Waals surface area contributed by atoms with Gasteiger partial charge in [0.25, 0.3) is 0 Å². The van der Waals surface area contributed by atoms with Crippen molar-refractivity contribution in [2.24, 2.45) is 0 Å². The summed E-state index contributed by atoms with van der Waals surface area (Å²) in [4.78, 5) is 4.31. The predicted octanol–water partition coefficient (Wildman–Crippen LogP) is 3.69. The maximum absolute atomic E-state index is 13.8. The average molecular weight is 281 g/mol. The van der Waals surface area contributed by atoms with E-state index in [9.17, 15) is 4.39 Å². The Labute approximate surface area is 123 Å². The van der Waals surface area contributed by atoms with Gasteiger partial charge in [-0.05, 0) is 30.7 Å². The van der Waals surface area contributed by atoms with E-state index in [1.807, 2.05) is 35.0 Å². The summed E-state index contributed by atoms with van der Waals surface area (Å²) in [6.07, 6.45) is 2.59. The molecule has 2 aromatic heterocycles. The van der Waals surface area contributed by atoms with Crippen LogP contribution in [0, 0.1) is 5.82 Å². The van der Waals surface area contributed by atoms with Crippen LogP contribution in [0.15, 0.2) is 54.7 Å². The molecule has 0 aliphatic rings. The lowest BCUT2D eigenvalue weighted by Gasteiger charge is -2.06. The fourth-order valence-electron chi connectivity index (χ4n) is 2.30. The lowest BCUT2D eigenvalue weighted by molar-refractivity contribution is 0.577. The summed E-state index contributed by atoms with van der Waals surface area (Å²) in [6.45, 7) is 2.50. The molecule has 1 aromatic carbocycles. The molecular formula is C17H16FN3. The Morgan fingerprint density at radius 2 is 1.86 bits per heavy atom. The SMILES string of the molecule is CCc1cc(-c2ccccn2)nn1Cc1ccccc1F. The Morgan fingerprint density at radius 1 is 1.05 bits per heavy atom. The second kappa shape index (κ2) is 5.87. The summed E-state index contributed by atoms with van der Waals surface area (Å²) in [7, 11) is 0. The number of nitrogens with zero attached hydrogens (tertiary/aromatic N) is 3. The van der Waals surface area contributed by atoms with E-state index in [4.69, 9.17) is 0 Å². The summed E-state index contributed by atoms with van der Waals surface area (Å²) >= 11 is 0. The third kappa shape index (κ3) is 2.84. The van der Waals surface area contributed by atoms with Crippen LogP contribution in [0.3, 0.4) is 0 Å². The van der Waals surface area contributed by atoms with E-state index in [0.717, 1.165) is 23.5 Å². The molecule has 3 nitrogen and oxygen atoms in total. The molecule has 2 heterocycles. The molecule has 0 bridgehead atoms. The van der Waals surface area contributed by atoms with Gasteiger partial charge < -0.3 is 0 Å². The summed E-state index contributed by atoms with van der Waals surface area (Å²) in [6, 6.07) is 14.6. The highest BCUT2D eigenvalue weighted by molar-refractivity contribution is 5.54. The molecule has 21 heavy (non-hydrogen) atoms. The van der Waals surface area contributed by atoms with Gasteiger partial charge in [-0.3, -0.25) is 9.67 Å². The van der Waals surface area contributed by atoms with Gasteiger partial charge in [-0.15, -0.1) is 0 Å². The van der Waals surface area contributed by atoms with Gasteiger partial charge in [-0.1, -0.05) is 31.2 Å². The average Bonchev–Trinajstić information content (AvgIpc) is 2.93. The molecule has 106 valence electrons. The number of pyridine rings is 1. The molecular weight excluding hydrogens is 265 g/mol. The molecule has 4 heteroatoms. The number of halogens is 1. The summed E-state index contributed by atoms with van der Waals surface area (Å²) < 4.78 is 15.6. The molecule has 0 saturated carbocycles. The van der Waals surface area contributed by atoms with Crippen molar-refractivity contribution in [3.63, 3.8) is 0 Å². The zero-order chi connectivity index (χ0) is 14.7. The largest absolute Gasteiger partial charge is 0.264 e. The van der Waals surface area contributed by atoms with Gasteiger partial charge in [0.2, 0.25) is 0 Å². The van der Waals surface area contributed by atoms with Gasteiger partial charge in [0.15, 0.2) is 0 Å². The lowest BCUT2D eigenvalue weighted by atomic mass is 10.2. The number of hydrogen-bond acceptors (Lipinski definition) is 2. The Bertz CT molecular complexity index is 735. The Kier molecular flexibility index (Phi) is 3.77. The highest BCUT2D eigenvalue weighted by Gasteiger charge is 2.11. The Morgan fingerprint density at radius 3 is 2.57 bits per heavy atom. The van der Waals surface area contributed by atoms with Crippen LogP contribution in [-0.2, 0) is 13.0 Å². The normalized spacial score (nSPS) is 10.8. The first-order valence-corrected chi connectivity index (χ1v) is 6.99. The van der Waals surface area contributed by atoms with Crippen LogP contribution in [0.5, 0.6) is 0 Å². The van der Waals surface area contributed by atoms with Crippen LogP contribution < -0.4 is 0 Å². The molecule has 0 atom stereocenters. The molecule has 0 N–H and O–H groups in total. The molecule has 3 rings (SSSR count). The van der Waals surface area contributed by atoms with E-state index in [2.05, 4.69) is 17.0 Å². The van der Waals surface area contributed by atoms with Crippen LogP contribution in [0.1, 0.15) is 18.2 Å². The summed E-state index contributed by atoms with van der Waals surface area (Å²) in [5, 5.41) is 4.58. The minimum Gasteiger partial charge on any atom is -0.264 e. The maximum atomic E-state index is 13.8. The van der Waals surface area contributed by atoms with Gasteiger partial charge in [0, 0.05) is 17.5 Å². The van der Waals surface area contributed by atoms with Crippen LogP contribution in [0.4, 0.5) is 4.39 Å². The zero-order valence-corrected chi connectivity index (χ0v) is 11.8. The van der Waals surface area contributed by atoms with E-state index in [1.54, 1.807) is 18.3 Å². The number of hydrogen-bond donors (Lipinski definition) is 0. The first-order chi connectivity index (χ1) is 10.3. The molecule has 0 fully saturated rings. The molecule has 0 aliphatic carbocycles. The van der Waals surface area contributed by atoms with Crippen molar-refractivity contribution in [3.05, 3.63) is 71.8 Å². The van der Waals surface area contributed by atoms with Crippen LogP contribution in [0.25, 0.3) is 11.4 Å². The second-order valence-corrected chi connectivity index (χ2v) is 4.84. The van der Waals surface area contributed by atoms with E-state index >= 15 is 0 Å². The molecule has 0 radical (unpaired) electrons. The van der Waals surface area contributed by atoms with Crippen molar-refractivity contribution in [2.75, 3.05) is 0 Å². The molecule has 3 aromatic rings. The lowest BCUT2D eigenvalue weighted by Crippen LogP contribution is -2.07. The van der Waals surface area contributed by atoms with Crippen molar-refractivity contribution in [2.45, 2.75) is 19.9 Å². The van der Waals surface area contributed by atoms with Crippen molar-refractivity contribution in [1.29, 1.82) is 0 Å². The topological polar surface area (TPSA) is 30.7 Å². The Hall–Kier alpha value is -2.49. The van der Waals surface area contributed by atoms with Gasteiger partial charge in [0.1, 0.15) is 11.5 Å². The number of benzene rings is 1. The summed E-state index contributed by atoms with van der Waals surface area (Å²) in [5.74, 6) is -0.200. The van der Waals surface area contributed by atoms with E-state index in [1.165, 1.54) is 6.07 Å². The number of aryl methyl sites for hydroxylation is 1. The van der Waals surface area contributed by atoms with Crippen molar-refractivity contribution in [3.8, 4) is 11.4 Å². The van der Waals surface area contributed by atoms with Crippen molar-refractivity contribution < 1.29 is 4.39 Å². The van der Waals surface area contributed by atoms with Gasteiger partial charge in [-0.25, -0.2) is 4.39 Å². The molecule has 0 aliphatic heterocycles. The van der Waals surface area contributed by atoms with E-state index in [0.29, 0.717) is 12.1 Å². The maximum Gasteiger partial charge on any atom is 0.128 e. The molecule has 0 unspecified atom stereocenters. The van der Waals surface area contributed by atoms with Crippen LogP contribution in [0.2, 0.25) is 0 Å². The molecule has 0 amide bonds. The first-order valence-electron chi connectivity index (χ1n) is 6.99. The predicted molar refractivity (Wildman–Crippen MR) is 80.3 cm³/mol. The van der Waals surface area contributed by atoms with Gasteiger partial charge >= 0.3 is 0 Å². The number of aromatic nitrogens is 3. The number of rotatable bonds is 4. The fourth-order valence-corrected chi connectivity index (χ4v) is 2.30. The highest BCUT2D eigenvalue weighted by atomic mass is 19.1. The quantitative estimate of drug-likeness (QED) is 0.730. The highest BCUT2D eigenvalue weighted by Crippen LogP contribution is 2.18. The summed E-state index contributed by atoms with van der Waals surface area (Å²) in [5.41, 5.74) is 3.37. The third-order valence-corrected chi connectivity index (χ3v) is 3.43. The minimum absolute atomic E-state index is 0.200. The zero-order valence-electron chi connectivity index (χ0n) is 11.8. The van der Waals surface area contributed by atoms with Crippen LogP contribution >= 0.6 is 0 Å². The van der Waals surface area contributed by atoms with E-state index < -0.39 is 0 Å². The minimum atomic E-state index is -0.200. The van der Waals surface area contributed by atoms with Crippen LogP contribution in [-0.4, -0.2) is 14.8 Å². The van der Waals surface area contributed by atoms with E-state index in [-0.39, 0.29) is 5.82 Å². The van der Waals surface area contributed by atoms with Gasteiger partial charge in [-0.2, -0.15) is 5.10 Å². The standard InChI is InChI=1S/C17H16FN3/c1-2-14-11-17(16-9-5-6-10-19-16)20-21(14)12-13-7-3-4-8-15(13)18/h3-11H,2,12H2,1H3. The Balaban J connectivity index is 1.96. The monoisotopic (exact) mass is 281 g/mol. The fraction of sp³-hybridized carbons (Fsp3) is 0.176. The van der Waals surface area contributed by atoms with Crippen molar-refractivity contribution >= 4 is 0 Å². The third-order valence-electron chi connectivity index (χ3n) is 3.43. The molecule has 0 saturated heterocycles. The van der Waals surface area contributed by atoms with Gasteiger partial charge in [0.05, 0.1) is 12.2 Å². The van der Waals surface area contributed by atoms with Crippen molar-refractivity contribution in [1.82, 2.24) is 14.8 Å². The second-order valence-electron chi connectivity index (χ2n) is 4.84. The smallest absolute Gasteiger partial charge is 0.128 e.